The molecule has 5 heteroatoms. The summed E-state index contributed by atoms with van der Waals surface area (Å²) >= 11 is 5.98. The Labute approximate surface area is 147 Å². The van der Waals surface area contributed by atoms with Gasteiger partial charge in [0.25, 0.3) is 0 Å². The van der Waals surface area contributed by atoms with Gasteiger partial charge in [0, 0.05) is 23.4 Å². The lowest BCUT2D eigenvalue weighted by Gasteiger charge is -2.28. The van der Waals surface area contributed by atoms with E-state index in [1.807, 2.05) is 43.3 Å². The molecule has 0 unspecified atom stereocenters. The SMILES string of the molecule is Cc1ccc(Cl)cc1NC(=O)C(C)(C)C(=O)N(C)c1ccccc1. The molecule has 0 aliphatic carbocycles. The Morgan fingerprint density at radius 1 is 1.08 bits per heavy atom. The van der Waals surface area contributed by atoms with E-state index in [-0.39, 0.29) is 11.8 Å². The molecule has 2 rings (SSSR count). The number of carbonyl (C=O) groups is 2. The number of carbonyl (C=O) groups excluding carboxylic acids is 2. The van der Waals surface area contributed by atoms with E-state index in [9.17, 15) is 9.59 Å². The number of nitrogens with zero attached hydrogens (tertiary/aromatic N) is 1. The quantitative estimate of drug-likeness (QED) is 0.842. The van der Waals surface area contributed by atoms with Gasteiger partial charge < -0.3 is 10.2 Å². The van der Waals surface area contributed by atoms with Gasteiger partial charge in [0.15, 0.2) is 0 Å². The summed E-state index contributed by atoms with van der Waals surface area (Å²) in [6.07, 6.45) is 0. The first-order chi connectivity index (χ1) is 11.2. The van der Waals surface area contributed by atoms with Crippen LogP contribution in [0.1, 0.15) is 19.4 Å². The van der Waals surface area contributed by atoms with Gasteiger partial charge in [-0.3, -0.25) is 9.59 Å². The first kappa shape index (κ1) is 18.0. The monoisotopic (exact) mass is 344 g/mol. The minimum absolute atomic E-state index is 0.286. The number of amides is 2. The third kappa shape index (κ3) is 3.77. The fraction of sp³-hybridized carbons (Fsp3) is 0.263. The van der Waals surface area contributed by atoms with Gasteiger partial charge in [0.05, 0.1) is 0 Å². The Balaban J connectivity index is 2.20. The molecule has 1 N–H and O–H groups in total. The highest BCUT2D eigenvalue weighted by Crippen LogP contribution is 2.26. The maximum Gasteiger partial charge on any atom is 0.241 e. The van der Waals surface area contributed by atoms with Gasteiger partial charge in [-0.05, 0) is 50.6 Å². The number of aryl methyl sites for hydroxylation is 1. The second-order valence-corrected chi connectivity index (χ2v) is 6.67. The van der Waals surface area contributed by atoms with Crippen molar-refractivity contribution < 1.29 is 9.59 Å². The molecule has 0 aromatic heterocycles. The van der Waals surface area contributed by atoms with Crippen molar-refractivity contribution in [2.75, 3.05) is 17.3 Å². The van der Waals surface area contributed by atoms with Crippen molar-refractivity contribution in [1.82, 2.24) is 0 Å². The highest BCUT2D eigenvalue weighted by molar-refractivity contribution is 6.31. The van der Waals surface area contributed by atoms with Crippen LogP contribution in [-0.4, -0.2) is 18.9 Å². The van der Waals surface area contributed by atoms with Crippen molar-refractivity contribution in [3.63, 3.8) is 0 Å². The standard InChI is InChI=1S/C19H21ClN2O2/c1-13-10-11-14(20)12-16(13)21-17(23)19(2,3)18(24)22(4)15-8-6-5-7-9-15/h5-12H,1-4H3,(H,21,23). The third-order valence-electron chi connectivity index (χ3n) is 4.00. The summed E-state index contributed by atoms with van der Waals surface area (Å²) in [5.74, 6) is -0.661. The summed E-state index contributed by atoms with van der Waals surface area (Å²) in [5, 5.41) is 3.34. The lowest BCUT2D eigenvalue weighted by Crippen LogP contribution is -2.46. The molecule has 0 saturated heterocycles. The molecule has 24 heavy (non-hydrogen) atoms. The fourth-order valence-electron chi connectivity index (χ4n) is 2.29. The zero-order valence-electron chi connectivity index (χ0n) is 14.3. The summed E-state index contributed by atoms with van der Waals surface area (Å²) < 4.78 is 0. The molecule has 0 fully saturated rings. The predicted molar refractivity (Wildman–Crippen MR) is 98.5 cm³/mol. The third-order valence-corrected chi connectivity index (χ3v) is 4.23. The normalized spacial score (nSPS) is 11.0. The Morgan fingerprint density at radius 3 is 2.33 bits per heavy atom. The zero-order chi connectivity index (χ0) is 17.9. The largest absolute Gasteiger partial charge is 0.325 e. The number of halogens is 1. The van der Waals surface area contributed by atoms with Crippen LogP contribution < -0.4 is 10.2 Å². The molecule has 0 spiro atoms. The van der Waals surface area contributed by atoms with Crippen molar-refractivity contribution in [2.24, 2.45) is 5.41 Å². The highest BCUT2D eigenvalue weighted by Gasteiger charge is 2.38. The summed E-state index contributed by atoms with van der Waals surface area (Å²) in [7, 11) is 1.66. The number of nitrogens with one attached hydrogen (secondary N) is 1. The number of anilines is 2. The van der Waals surface area contributed by atoms with Gasteiger partial charge in [-0.25, -0.2) is 0 Å². The molecule has 2 aromatic rings. The molecule has 0 bridgehead atoms. The molecule has 2 aromatic carbocycles. The first-order valence-electron chi connectivity index (χ1n) is 7.64. The van der Waals surface area contributed by atoms with E-state index < -0.39 is 5.41 Å². The van der Waals surface area contributed by atoms with Gasteiger partial charge in [0.1, 0.15) is 5.41 Å². The van der Waals surface area contributed by atoms with Crippen LogP contribution in [0, 0.1) is 12.3 Å². The number of benzene rings is 2. The van der Waals surface area contributed by atoms with Crippen molar-refractivity contribution in [1.29, 1.82) is 0 Å². The second-order valence-electron chi connectivity index (χ2n) is 6.24. The van der Waals surface area contributed by atoms with Gasteiger partial charge >= 0.3 is 0 Å². The number of rotatable bonds is 4. The van der Waals surface area contributed by atoms with Crippen molar-refractivity contribution >= 4 is 34.8 Å². The molecule has 0 aliphatic rings. The molecule has 0 radical (unpaired) electrons. The summed E-state index contributed by atoms with van der Waals surface area (Å²) in [5.41, 5.74) is 1.00. The van der Waals surface area contributed by atoms with Crippen LogP contribution in [0.25, 0.3) is 0 Å². The molecule has 0 heterocycles. The lowest BCUT2D eigenvalue weighted by atomic mass is 9.90. The maximum atomic E-state index is 12.8. The highest BCUT2D eigenvalue weighted by atomic mass is 35.5. The van der Waals surface area contributed by atoms with E-state index in [1.165, 1.54) is 4.90 Å². The number of hydrogen-bond acceptors (Lipinski definition) is 2. The van der Waals surface area contributed by atoms with E-state index in [0.717, 1.165) is 11.3 Å². The summed E-state index contributed by atoms with van der Waals surface area (Å²) in [6, 6.07) is 14.5. The summed E-state index contributed by atoms with van der Waals surface area (Å²) in [4.78, 5) is 27.0. The first-order valence-corrected chi connectivity index (χ1v) is 8.02. The maximum absolute atomic E-state index is 12.8. The molecule has 0 saturated carbocycles. The average Bonchev–Trinajstić information content (AvgIpc) is 2.57. The number of hydrogen-bond donors (Lipinski definition) is 1. The van der Waals surface area contributed by atoms with Gasteiger partial charge in [-0.15, -0.1) is 0 Å². The Bertz CT molecular complexity index is 757. The van der Waals surface area contributed by atoms with Crippen LogP contribution >= 0.6 is 11.6 Å². The minimum atomic E-state index is -1.22. The summed E-state index contributed by atoms with van der Waals surface area (Å²) in [6.45, 7) is 5.10. The van der Waals surface area contributed by atoms with E-state index in [1.54, 1.807) is 33.0 Å². The van der Waals surface area contributed by atoms with Crippen LogP contribution in [0.4, 0.5) is 11.4 Å². The topological polar surface area (TPSA) is 49.4 Å². The fourth-order valence-corrected chi connectivity index (χ4v) is 2.46. The van der Waals surface area contributed by atoms with Gasteiger partial charge in [0.2, 0.25) is 11.8 Å². The Morgan fingerprint density at radius 2 is 1.71 bits per heavy atom. The minimum Gasteiger partial charge on any atom is -0.325 e. The molecular weight excluding hydrogens is 324 g/mol. The molecule has 0 aliphatic heterocycles. The second kappa shape index (κ2) is 7.05. The molecule has 0 atom stereocenters. The lowest BCUT2D eigenvalue weighted by molar-refractivity contribution is -0.136. The van der Waals surface area contributed by atoms with E-state index in [4.69, 9.17) is 11.6 Å². The van der Waals surface area contributed by atoms with Gasteiger partial charge in [-0.1, -0.05) is 35.9 Å². The van der Waals surface area contributed by atoms with Crippen LogP contribution in [0.3, 0.4) is 0 Å². The van der Waals surface area contributed by atoms with E-state index >= 15 is 0 Å². The van der Waals surface area contributed by atoms with Crippen LogP contribution in [0.2, 0.25) is 5.02 Å². The van der Waals surface area contributed by atoms with Crippen molar-refractivity contribution in [3.05, 3.63) is 59.1 Å². The number of para-hydroxylation sites is 1. The molecule has 2 amide bonds. The molecular formula is C19H21ClN2O2. The predicted octanol–water partition coefficient (Wildman–Crippen LogP) is 4.28. The van der Waals surface area contributed by atoms with Crippen LogP contribution in [0.15, 0.2) is 48.5 Å². The smallest absolute Gasteiger partial charge is 0.241 e. The Kier molecular flexibility index (Phi) is 5.30. The van der Waals surface area contributed by atoms with Crippen molar-refractivity contribution in [2.45, 2.75) is 20.8 Å². The average molecular weight is 345 g/mol. The Hall–Kier alpha value is -2.33. The van der Waals surface area contributed by atoms with Crippen LogP contribution in [0.5, 0.6) is 0 Å². The van der Waals surface area contributed by atoms with Crippen molar-refractivity contribution in [3.8, 4) is 0 Å². The molecule has 4 nitrogen and oxygen atoms in total. The van der Waals surface area contributed by atoms with E-state index in [2.05, 4.69) is 5.32 Å². The zero-order valence-corrected chi connectivity index (χ0v) is 15.0. The van der Waals surface area contributed by atoms with E-state index in [0.29, 0.717) is 10.7 Å². The van der Waals surface area contributed by atoms with Crippen LogP contribution in [-0.2, 0) is 9.59 Å². The molecule has 126 valence electrons. The van der Waals surface area contributed by atoms with Gasteiger partial charge in [-0.2, -0.15) is 0 Å².